The topological polar surface area (TPSA) is 38.0 Å². The Bertz CT molecular complexity index is 306. The van der Waals surface area contributed by atoms with Gasteiger partial charge in [-0.25, -0.2) is 0 Å². The summed E-state index contributed by atoms with van der Waals surface area (Å²) < 4.78 is 0. The zero-order chi connectivity index (χ0) is 11.3. The van der Waals surface area contributed by atoms with Gasteiger partial charge in [-0.2, -0.15) is 0 Å². The number of nitrogens with two attached hydrogens (primary N) is 1. The molecule has 0 spiro atoms. The number of rotatable bonds is 5. The standard InChI is InChI=1S/C13H20N2/c1-4-12(13(15-14)10(2)3)11-8-6-5-7-9-11/h5-9,12-13,15H,2,4,14H2,1,3H3. The van der Waals surface area contributed by atoms with Crippen LogP contribution in [0, 0.1) is 0 Å². The van der Waals surface area contributed by atoms with Crippen molar-refractivity contribution in [1.82, 2.24) is 5.43 Å². The van der Waals surface area contributed by atoms with E-state index < -0.39 is 0 Å². The van der Waals surface area contributed by atoms with Gasteiger partial charge in [-0.15, -0.1) is 0 Å². The average molecular weight is 204 g/mol. The van der Waals surface area contributed by atoms with E-state index >= 15 is 0 Å². The highest BCUT2D eigenvalue weighted by Gasteiger charge is 2.20. The van der Waals surface area contributed by atoms with Crippen LogP contribution in [0.15, 0.2) is 42.5 Å². The lowest BCUT2D eigenvalue weighted by molar-refractivity contribution is 0.480. The minimum atomic E-state index is 0.150. The Hall–Kier alpha value is -1.12. The molecule has 1 rings (SSSR count). The van der Waals surface area contributed by atoms with Gasteiger partial charge in [0.25, 0.3) is 0 Å². The van der Waals surface area contributed by atoms with Crippen LogP contribution in [0.1, 0.15) is 31.7 Å². The summed E-state index contributed by atoms with van der Waals surface area (Å²) in [5.41, 5.74) is 5.24. The zero-order valence-corrected chi connectivity index (χ0v) is 9.53. The van der Waals surface area contributed by atoms with Gasteiger partial charge < -0.3 is 0 Å². The van der Waals surface area contributed by atoms with Crippen molar-refractivity contribution >= 4 is 0 Å². The number of hydrogen-bond acceptors (Lipinski definition) is 2. The van der Waals surface area contributed by atoms with Crippen molar-refractivity contribution in [2.24, 2.45) is 5.84 Å². The highest BCUT2D eigenvalue weighted by Crippen LogP contribution is 2.26. The fraction of sp³-hybridized carbons (Fsp3) is 0.385. The molecule has 0 heterocycles. The Morgan fingerprint density at radius 1 is 1.40 bits per heavy atom. The van der Waals surface area contributed by atoms with Gasteiger partial charge in [0.05, 0.1) is 0 Å². The predicted molar refractivity (Wildman–Crippen MR) is 65.4 cm³/mol. The molecule has 0 fully saturated rings. The fourth-order valence-corrected chi connectivity index (χ4v) is 1.97. The van der Waals surface area contributed by atoms with E-state index in [2.05, 4.69) is 43.2 Å². The molecule has 0 aliphatic rings. The first-order valence-electron chi connectivity index (χ1n) is 5.37. The Morgan fingerprint density at radius 2 is 2.00 bits per heavy atom. The molecule has 0 radical (unpaired) electrons. The molecule has 1 aromatic rings. The van der Waals surface area contributed by atoms with Crippen LogP contribution in [-0.4, -0.2) is 6.04 Å². The highest BCUT2D eigenvalue weighted by molar-refractivity contribution is 5.24. The van der Waals surface area contributed by atoms with Crippen molar-refractivity contribution in [2.45, 2.75) is 32.2 Å². The second kappa shape index (κ2) is 5.69. The van der Waals surface area contributed by atoms with Crippen LogP contribution < -0.4 is 11.3 Å². The summed E-state index contributed by atoms with van der Waals surface area (Å²) >= 11 is 0. The van der Waals surface area contributed by atoms with Gasteiger partial charge in [0.15, 0.2) is 0 Å². The van der Waals surface area contributed by atoms with E-state index in [1.54, 1.807) is 0 Å². The lowest BCUT2D eigenvalue weighted by atomic mass is 9.86. The molecule has 0 amide bonds. The fourth-order valence-electron chi connectivity index (χ4n) is 1.97. The molecular weight excluding hydrogens is 184 g/mol. The van der Waals surface area contributed by atoms with Gasteiger partial charge in [0, 0.05) is 12.0 Å². The van der Waals surface area contributed by atoms with Crippen LogP contribution in [0.3, 0.4) is 0 Å². The monoisotopic (exact) mass is 204 g/mol. The Morgan fingerprint density at radius 3 is 2.40 bits per heavy atom. The Balaban J connectivity index is 2.92. The lowest BCUT2D eigenvalue weighted by Crippen LogP contribution is -2.40. The van der Waals surface area contributed by atoms with Crippen LogP contribution >= 0.6 is 0 Å². The van der Waals surface area contributed by atoms with E-state index in [9.17, 15) is 0 Å². The van der Waals surface area contributed by atoms with E-state index in [1.807, 2.05) is 13.0 Å². The summed E-state index contributed by atoms with van der Waals surface area (Å²) in [5, 5.41) is 0. The molecule has 0 aliphatic carbocycles. The summed E-state index contributed by atoms with van der Waals surface area (Å²) in [5.74, 6) is 5.97. The molecule has 0 saturated heterocycles. The third-order valence-corrected chi connectivity index (χ3v) is 2.78. The third kappa shape index (κ3) is 2.91. The largest absolute Gasteiger partial charge is 0.271 e. The maximum atomic E-state index is 5.58. The summed E-state index contributed by atoms with van der Waals surface area (Å²) in [6.45, 7) is 8.16. The van der Waals surface area contributed by atoms with Gasteiger partial charge in [-0.1, -0.05) is 49.4 Å². The van der Waals surface area contributed by atoms with Crippen molar-refractivity contribution in [3.63, 3.8) is 0 Å². The van der Waals surface area contributed by atoms with Crippen molar-refractivity contribution < 1.29 is 0 Å². The van der Waals surface area contributed by atoms with Gasteiger partial charge in [-0.05, 0) is 18.9 Å². The van der Waals surface area contributed by atoms with Gasteiger partial charge in [0.1, 0.15) is 0 Å². The molecule has 1 aromatic carbocycles. The van der Waals surface area contributed by atoms with Crippen molar-refractivity contribution in [2.75, 3.05) is 0 Å². The van der Waals surface area contributed by atoms with Crippen LogP contribution in [-0.2, 0) is 0 Å². The maximum Gasteiger partial charge on any atom is 0.0483 e. The molecule has 0 bridgehead atoms. The second-order valence-electron chi connectivity index (χ2n) is 3.92. The second-order valence-corrected chi connectivity index (χ2v) is 3.92. The SMILES string of the molecule is C=C(C)C(NN)C(CC)c1ccccc1. The summed E-state index contributed by atoms with van der Waals surface area (Å²) in [6.07, 6.45) is 1.05. The Labute approximate surface area is 92.2 Å². The van der Waals surface area contributed by atoms with E-state index in [1.165, 1.54) is 5.56 Å². The molecule has 0 saturated carbocycles. The Kier molecular flexibility index (Phi) is 4.53. The number of hydrogen-bond donors (Lipinski definition) is 2. The molecule has 15 heavy (non-hydrogen) atoms. The first-order chi connectivity index (χ1) is 7.20. The van der Waals surface area contributed by atoms with E-state index in [0.717, 1.165) is 12.0 Å². The zero-order valence-electron chi connectivity index (χ0n) is 9.53. The number of benzene rings is 1. The summed E-state index contributed by atoms with van der Waals surface area (Å²) in [7, 11) is 0. The molecule has 2 unspecified atom stereocenters. The molecule has 0 aliphatic heterocycles. The van der Waals surface area contributed by atoms with E-state index in [0.29, 0.717) is 5.92 Å². The quantitative estimate of drug-likeness (QED) is 0.439. The summed E-state index contributed by atoms with van der Waals surface area (Å²) in [4.78, 5) is 0. The van der Waals surface area contributed by atoms with Gasteiger partial charge in [0.2, 0.25) is 0 Å². The normalized spacial score (nSPS) is 14.6. The van der Waals surface area contributed by atoms with Crippen molar-refractivity contribution in [3.05, 3.63) is 48.0 Å². The van der Waals surface area contributed by atoms with E-state index in [4.69, 9.17) is 5.84 Å². The molecule has 0 aromatic heterocycles. The first-order valence-corrected chi connectivity index (χ1v) is 5.37. The average Bonchev–Trinajstić information content (AvgIpc) is 2.26. The predicted octanol–water partition coefficient (Wildman–Crippen LogP) is 2.59. The first kappa shape index (κ1) is 12.0. The molecule has 82 valence electrons. The van der Waals surface area contributed by atoms with Gasteiger partial charge >= 0.3 is 0 Å². The third-order valence-electron chi connectivity index (χ3n) is 2.78. The molecule has 2 heteroatoms. The van der Waals surface area contributed by atoms with Crippen LogP contribution in [0.4, 0.5) is 0 Å². The highest BCUT2D eigenvalue weighted by atomic mass is 15.2. The minimum absolute atomic E-state index is 0.150. The van der Waals surface area contributed by atoms with Crippen LogP contribution in [0.2, 0.25) is 0 Å². The minimum Gasteiger partial charge on any atom is -0.271 e. The van der Waals surface area contributed by atoms with Crippen LogP contribution in [0.5, 0.6) is 0 Å². The maximum absolute atomic E-state index is 5.58. The smallest absolute Gasteiger partial charge is 0.0483 e. The summed E-state index contributed by atoms with van der Waals surface area (Å²) in [6, 6.07) is 10.6. The van der Waals surface area contributed by atoms with Crippen molar-refractivity contribution in [3.8, 4) is 0 Å². The molecule has 3 N–H and O–H groups in total. The molecular formula is C13H20N2. The van der Waals surface area contributed by atoms with E-state index in [-0.39, 0.29) is 6.04 Å². The molecule has 2 nitrogen and oxygen atoms in total. The number of hydrazine groups is 1. The molecule has 2 atom stereocenters. The van der Waals surface area contributed by atoms with Crippen LogP contribution in [0.25, 0.3) is 0 Å². The van der Waals surface area contributed by atoms with Crippen molar-refractivity contribution in [1.29, 1.82) is 0 Å². The van der Waals surface area contributed by atoms with Gasteiger partial charge in [-0.3, -0.25) is 11.3 Å². The lowest BCUT2D eigenvalue weighted by Gasteiger charge is -2.26. The number of nitrogens with one attached hydrogen (secondary N) is 1.